The highest BCUT2D eigenvalue weighted by atomic mass is 35.5. The number of halogens is 1. The standard InChI is InChI=1S/C11H14ClN5OS/c1-18-9-10(15-6-16-11(9)17-13)14-5-4-7-2-3-8(12)19-7/h2-3,6H,4-5,13H2,1H3,(H2,14,15,16,17). The second-order valence-electron chi connectivity index (χ2n) is 3.63. The molecule has 4 N–H and O–H groups in total. The van der Waals surface area contributed by atoms with Crippen LogP contribution in [0.4, 0.5) is 11.6 Å². The molecule has 0 atom stereocenters. The van der Waals surface area contributed by atoms with Crippen LogP contribution in [0.5, 0.6) is 5.75 Å². The molecular weight excluding hydrogens is 286 g/mol. The van der Waals surface area contributed by atoms with Gasteiger partial charge in [0.1, 0.15) is 6.33 Å². The van der Waals surface area contributed by atoms with Crippen molar-refractivity contribution in [2.75, 3.05) is 24.4 Å². The van der Waals surface area contributed by atoms with Gasteiger partial charge < -0.3 is 15.5 Å². The second-order valence-corrected chi connectivity index (χ2v) is 5.43. The fourth-order valence-electron chi connectivity index (χ4n) is 1.59. The predicted molar refractivity (Wildman–Crippen MR) is 77.9 cm³/mol. The number of ether oxygens (including phenoxy) is 1. The molecule has 0 bridgehead atoms. The van der Waals surface area contributed by atoms with Crippen LogP contribution in [0.15, 0.2) is 18.5 Å². The molecule has 0 saturated carbocycles. The Morgan fingerprint density at radius 1 is 1.37 bits per heavy atom. The summed E-state index contributed by atoms with van der Waals surface area (Å²) >= 11 is 7.45. The Hall–Kier alpha value is -1.57. The van der Waals surface area contributed by atoms with Gasteiger partial charge in [-0.2, -0.15) is 0 Å². The van der Waals surface area contributed by atoms with Crippen LogP contribution < -0.4 is 21.3 Å². The highest BCUT2D eigenvalue weighted by Gasteiger charge is 2.10. The number of hydrazine groups is 1. The van der Waals surface area contributed by atoms with Gasteiger partial charge in [-0.05, 0) is 18.6 Å². The molecule has 6 nitrogen and oxygen atoms in total. The summed E-state index contributed by atoms with van der Waals surface area (Å²) in [5.41, 5.74) is 2.47. The van der Waals surface area contributed by atoms with Gasteiger partial charge in [0.05, 0.1) is 11.4 Å². The van der Waals surface area contributed by atoms with E-state index in [2.05, 4.69) is 20.7 Å². The number of nitrogens with one attached hydrogen (secondary N) is 2. The number of hydrogen-bond acceptors (Lipinski definition) is 7. The molecule has 2 heterocycles. The monoisotopic (exact) mass is 299 g/mol. The number of rotatable bonds is 6. The molecule has 0 aromatic carbocycles. The summed E-state index contributed by atoms with van der Waals surface area (Å²) in [5.74, 6) is 6.90. The van der Waals surface area contributed by atoms with Crippen LogP contribution in [0.2, 0.25) is 4.34 Å². The van der Waals surface area contributed by atoms with E-state index in [4.69, 9.17) is 22.2 Å². The molecule has 2 aromatic heterocycles. The Bertz CT molecular complexity index is 548. The molecule has 0 aliphatic carbocycles. The lowest BCUT2D eigenvalue weighted by molar-refractivity contribution is 0.414. The summed E-state index contributed by atoms with van der Waals surface area (Å²) < 4.78 is 6.02. The lowest BCUT2D eigenvalue weighted by Crippen LogP contribution is -2.13. The molecule has 19 heavy (non-hydrogen) atoms. The molecule has 0 aliphatic heterocycles. The Balaban J connectivity index is 1.99. The van der Waals surface area contributed by atoms with Crippen molar-refractivity contribution < 1.29 is 4.74 Å². The smallest absolute Gasteiger partial charge is 0.205 e. The van der Waals surface area contributed by atoms with E-state index < -0.39 is 0 Å². The molecule has 102 valence electrons. The van der Waals surface area contributed by atoms with Crippen LogP contribution in [-0.2, 0) is 6.42 Å². The van der Waals surface area contributed by atoms with Gasteiger partial charge in [0.15, 0.2) is 11.6 Å². The van der Waals surface area contributed by atoms with Crippen molar-refractivity contribution in [3.05, 3.63) is 27.7 Å². The van der Waals surface area contributed by atoms with Crippen LogP contribution >= 0.6 is 22.9 Å². The minimum atomic E-state index is 0.444. The van der Waals surface area contributed by atoms with E-state index in [0.29, 0.717) is 23.9 Å². The summed E-state index contributed by atoms with van der Waals surface area (Å²) in [5, 5.41) is 3.19. The predicted octanol–water partition coefficient (Wildman–Crippen LogP) is 2.14. The van der Waals surface area contributed by atoms with Gasteiger partial charge >= 0.3 is 0 Å². The van der Waals surface area contributed by atoms with Crippen LogP contribution in [0.25, 0.3) is 0 Å². The van der Waals surface area contributed by atoms with Crippen molar-refractivity contribution >= 4 is 34.6 Å². The number of methoxy groups -OCH3 is 1. The number of hydrogen-bond donors (Lipinski definition) is 3. The first-order valence-corrected chi connectivity index (χ1v) is 6.77. The minimum absolute atomic E-state index is 0.444. The third kappa shape index (κ3) is 3.46. The zero-order valence-electron chi connectivity index (χ0n) is 10.3. The third-order valence-corrected chi connectivity index (χ3v) is 3.73. The van der Waals surface area contributed by atoms with Gasteiger partial charge in [-0.15, -0.1) is 11.3 Å². The topological polar surface area (TPSA) is 85.1 Å². The van der Waals surface area contributed by atoms with Crippen LogP contribution in [0, 0.1) is 0 Å². The molecule has 0 fully saturated rings. The fraction of sp³-hybridized carbons (Fsp3) is 0.273. The Morgan fingerprint density at radius 2 is 2.16 bits per heavy atom. The van der Waals surface area contributed by atoms with Gasteiger partial charge in [0.2, 0.25) is 5.75 Å². The van der Waals surface area contributed by atoms with Crippen molar-refractivity contribution in [3.63, 3.8) is 0 Å². The van der Waals surface area contributed by atoms with Crippen molar-refractivity contribution in [1.29, 1.82) is 0 Å². The van der Waals surface area contributed by atoms with Gasteiger partial charge in [-0.1, -0.05) is 11.6 Å². The Morgan fingerprint density at radius 3 is 2.79 bits per heavy atom. The van der Waals surface area contributed by atoms with Crippen molar-refractivity contribution in [2.24, 2.45) is 5.84 Å². The van der Waals surface area contributed by atoms with E-state index in [1.807, 2.05) is 12.1 Å². The molecule has 0 aliphatic rings. The first-order valence-electron chi connectivity index (χ1n) is 5.58. The third-order valence-electron chi connectivity index (χ3n) is 2.44. The van der Waals surface area contributed by atoms with E-state index in [-0.39, 0.29) is 0 Å². The molecular formula is C11H14ClN5OS. The van der Waals surface area contributed by atoms with Crippen LogP contribution in [0.1, 0.15) is 4.88 Å². The summed E-state index contributed by atoms with van der Waals surface area (Å²) in [7, 11) is 1.55. The molecule has 0 amide bonds. The van der Waals surface area contributed by atoms with Gasteiger partial charge in [-0.3, -0.25) is 0 Å². The maximum atomic E-state index is 5.88. The number of nitrogens with zero attached hydrogens (tertiary/aromatic N) is 2. The van der Waals surface area contributed by atoms with E-state index >= 15 is 0 Å². The van der Waals surface area contributed by atoms with Crippen molar-refractivity contribution in [3.8, 4) is 5.75 Å². The minimum Gasteiger partial charge on any atom is -0.490 e. The maximum absolute atomic E-state index is 5.88. The highest BCUT2D eigenvalue weighted by Crippen LogP contribution is 2.28. The van der Waals surface area contributed by atoms with Crippen LogP contribution in [0.3, 0.4) is 0 Å². The van der Waals surface area contributed by atoms with Crippen LogP contribution in [-0.4, -0.2) is 23.6 Å². The quantitative estimate of drug-likeness (QED) is 0.560. The molecule has 0 saturated heterocycles. The zero-order chi connectivity index (χ0) is 13.7. The summed E-state index contributed by atoms with van der Waals surface area (Å²) in [6.45, 7) is 0.716. The zero-order valence-corrected chi connectivity index (χ0v) is 11.9. The number of aromatic nitrogens is 2. The highest BCUT2D eigenvalue weighted by molar-refractivity contribution is 7.16. The molecule has 0 unspecified atom stereocenters. The number of nitrogens with two attached hydrogens (primary N) is 1. The van der Waals surface area contributed by atoms with Gasteiger partial charge in [0, 0.05) is 11.4 Å². The second kappa shape index (κ2) is 6.55. The van der Waals surface area contributed by atoms with E-state index in [0.717, 1.165) is 10.8 Å². The number of thiophene rings is 1. The molecule has 0 spiro atoms. The lowest BCUT2D eigenvalue weighted by Gasteiger charge is -2.12. The summed E-state index contributed by atoms with van der Waals surface area (Å²) in [6, 6.07) is 3.90. The summed E-state index contributed by atoms with van der Waals surface area (Å²) in [6.07, 6.45) is 2.28. The SMILES string of the molecule is COc1c(NN)ncnc1NCCc1ccc(Cl)s1. The number of nitrogen functional groups attached to an aromatic ring is 1. The summed E-state index contributed by atoms with van der Waals surface area (Å²) in [4.78, 5) is 9.31. The number of anilines is 2. The average Bonchev–Trinajstić information content (AvgIpc) is 2.84. The lowest BCUT2D eigenvalue weighted by atomic mass is 10.3. The van der Waals surface area contributed by atoms with Gasteiger partial charge in [0.25, 0.3) is 0 Å². The first-order chi connectivity index (χ1) is 9.24. The first kappa shape index (κ1) is 13.9. The normalized spacial score (nSPS) is 10.3. The fourth-order valence-corrected chi connectivity index (χ4v) is 2.67. The average molecular weight is 300 g/mol. The largest absolute Gasteiger partial charge is 0.490 e. The maximum Gasteiger partial charge on any atom is 0.205 e. The molecule has 2 aromatic rings. The van der Waals surface area contributed by atoms with E-state index in [1.165, 1.54) is 11.2 Å². The van der Waals surface area contributed by atoms with E-state index in [1.54, 1.807) is 18.4 Å². The molecule has 2 rings (SSSR count). The molecule has 0 radical (unpaired) electrons. The van der Waals surface area contributed by atoms with Crippen molar-refractivity contribution in [2.45, 2.75) is 6.42 Å². The van der Waals surface area contributed by atoms with Crippen molar-refractivity contribution in [1.82, 2.24) is 9.97 Å². The van der Waals surface area contributed by atoms with Gasteiger partial charge in [-0.25, -0.2) is 15.8 Å². The van der Waals surface area contributed by atoms with E-state index in [9.17, 15) is 0 Å². The Kier molecular flexibility index (Phi) is 4.78. The Labute approximate surface area is 119 Å². The molecule has 8 heteroatoms.